The fraction of sp³-hybridized carbons (Fsp3) is 0.538. The summed E-state index contributed by atoms with van der Waals surface area (Å²) in [5.41, 5.74) is 1.78. The average Bonchev–Trinajstić information content (AvgIpc) is 2.75. The first-order chi connectivity index (χ1) is 8.41. The predicted octanol–water partition coefficient (Wildman–Crippen LogP) is 2.05. The molecule has 0 amide bonds. The molecular weight excluding hydrogens is 250 g/mol. The molecule has 0 spiro atoms. The van der Waals surface area contributed by atoms with Crippen molar-refractivity contribution in [1.29, 1.82) is 0 Å². The Hall–Kier alpha value is -0.910. The van der Waals surface area contributed by atoms with Crippen LogP contribution in [0, 0.1) is 6.92 Å². The van der Waals surface area contributed by atoms with Gasteiger partial charge in [-0.3, -0.25) is 4.55 Å². The second kappa shape index (κ2) is 4.99. The third-order valence-corrected chi connectivity index (χ3v) is 4.53. The molecule has 0 radical (unpaired) electrons. The Bertz CT molecular complexity index is 539. The molecule has 2 rings (SSSR count). The molecule has 1 fully saturated rings. The molecule has 0 bridgehead atoms. The first-order valence-corrected chi connectivity index (χ1v) is 7.66. The van der Waals surface area contributed by atoms with E-state index in [1.807, 2.05) is 13.0 Å². The maximum atomic E-state index is 11.4. The third-order valence-electron chi connectivity index (χ3n) is 3.60. The minimum Gasteiger partial charge on any atom is -0.303 e. The molecule has 0 aliphatic carbocycles. The van der Waals surface area contributed by atoms with Gasteiger partial charge in [0.15, 0.2) is 0 Å². The summed E-state index contributed by atoms with van der Waals surface area (Å²) >= 11 is 0. The van der Waals surface area contributed by atoms with Gasteiger partial charge < -0.3 is 4.90 Å². The second-order valence-corrected chi connectivity index (χ2v) is 6.29. The number of likely N-dealkylation sites (N-methyl/N-ethyl adjacent to an activating group) is 1. The van der Waals surface area contributed by atoms with E-state index >= 15 is 0 Å². The van der Waals surface area contributed by atoms with Gasteiger partial charge in [-0.05, 0) is 44.0 Å². The molecule has 1 aliphatic heterocycles. The highest BCUT2D eigenvalue weighted by Crippen LogP contribution is 2.32. The monoisotopic (exact) mass is 269 g/mol. The fourth-order valence-electron chi connectivity index (χ4n) is 2.60. The molecule has 0 aromatic heterocycles. The Labute approximate surface area is 108 Å². The summed E-state index contributed by atoms with van der Waals surface area (Å²) < 4.78 is 32.1. The van der Waals surface area contributed by atoms with E-state index < -0.39 is 10.1 Å². The summed E-state index contributed by atoms with van der Waals surface area (Å²) in [7, 11) is -4.13. The van der Waals surface area contributed by atoms with Crippen molar-refractivity contribution in [1.82, 2.24) is 4.90 Å². The largest absolute Gasteiger partial charge is 0.303 e. The lowest BCUT2D eigenvalue weighted by molar-refractivity contribution is 0.353. The van der Waals surface area contributed by atoms with Crippen LogP contribution in [0.5, 0.6) is 0 Å². The average molecular weight is 269 g/mol. The summed E-state index contributed by atoms with van der Waals surface area (Å²) in [6.07, 6.45) is 0.944. The molecule has 0 saturated carbocycles. The number of nitrogens with zero attached hydrogens (tertiary/aromatic N) is 1. The van der Waals surface area contributed by atoms with Crippen molar-refractivity contribution in [3.63, 3.8) is 0 Å². The summed E-state index contributed by atoms with van der Waals surface area (Å²) in [5, 5.41) is 0. The Balaban J connectivity index is 2.41. The highest BCUT2D eigenvalue weighted by atomic mass is 32.2. The fourth-order valence-corrected chi connectivity index (χ4v) is 3.36. The van der Waals surface area contributed by atoms with Crippen LogP contribution < -0.4 is 0 Å². The first kappa shape index (κ1) is 13.5. The van der Waals surface area contributed by atoms with E-state index in [2.05, 4.69) is 11.8 Å². The van der Waals surface area contributed by atoms with Crippen molar-refractivity contribution in [2.24, 2.45) is 0 Å². The van der Waals surface area contributed by atoms with Gasteiger partial charge in [0, 0.05) is 6.54 Å². The molecule has 1 N–H and O–H groups in total. The number of likely N-dealkylation sites (tertiary alicyclic amines) is 1. The van der Waals surface area contributed by atoms with Crippen molar-refractivity contribution in [3.05, 3.63) is 29.3 Å². The van der Waals surface area contributed by atoms with Gasteiger partial charge in [-0.1, -0.05) is 24.6 Å². The van der Waals surface area contributed by atoms with Gasteiger partial charge in [0.25, 0.3) is 10.1 Å². The summed E-state index contributed by atoms with van der Waals surface area (Å²) in [6.45, 7) is 6.86. The van der Waals surface area contributed by atoms with E-state index in [9.17, 15) is 13.0 Å². The van der Waals surface area contributed by atoms with Crippen LogP contribution in [0.3, 0.4) is 0 Å². The van der Waals surface area contributed by atoms with E-state index in [0.29, 0.717) is 0 Å². The first-order valence-electron chi connectivity index (χ1n) is 6.22. The molecule has 18 heavy (non-hydrogen) atoms. The van der Waals surface area contributed by atoms with Crippen LogP contribution in [0.15, 0.2) is 23.1 Å². The number of aryl methyl sites for hydroxylation is 1. The van der Waals surface area contributed by atoms with E-state index in [4.69, 9.17) is 0 Å². The normalized spacial score (nSPS) is 21.4. The topological polar surface area (TPSA) is 57.6 Å². The second-order valence-electron chi connectivity index (χ2n) is 4.90. The SMILES string of the molecule is CCN1CC[C@H](c2cc(C)ccc2S(=O)(=O)O)C1. The van der Waals surface area contributed by atoms with Gasteiger partial charge in [-0.2, -0.15) is 8.42 Å². The van der Waals surface area contributed by atoms with Crippen molar-refractivity contribution < 1.29 is 13.0 Å². The van der Waals surface area contributed by atoms with Crippen LogP contribution in [-0.2, 0) is 10.1 Å². The third kappa shape index (κ3) is 2.74. The maximum Gasteiger partial charge on any atom is 0.294 e. The van der Waals surface area contributed by atoms with Crippen LogP contribution in [0.25, 0.3) is 0 Å². The zero-order chi connectivity index (χ0) is 13.3. The van der Waals surface area contributed by atoms with Gasteiger partial charge in [0.1, 0.15) is 0 Å². The van der Waals surface area contributed by atoms with Crippen molar-refractivity contribution >= 4 is 10.1 Å². The zero-order valence-electron chi connectivity index (χ0n) is 10.8. The minimum atomic E-state index is -4.13. The molecule has 0 unspecified atom stereocenters. The van der Waals surface area contributed by atoms with Gasteiger partial charge in [0.05, 0.1) is 4.90 Å². The molecule has 1 saturated heterocycles. The summed E-state index contributed by atoms with van der Waals surface area (Å²) in [4.78, 5) is 2.36. The van der Waals surface area contributed by atoms with Gasteiger partial charge in [-0.15, -0.1) is 0 Å². The molecule has 4 nitrogen and oxygen atoms in total. The number of hydrogen-bond donors (Lipinski definition) is 1. The lowest BCUT2D eigenvalue weighted by Gasteiger charge is -2.16. The van der Waals surface area contributed by atoms with E-state index in [-0.39, 0.29) is 10.8 Å². The summed E-state index contributed by atoms with van der Waals surface area (Å²) in [5.74, 6) is 0.196. The summed E-state index contributed by atoms with van der Waals surface area (Å²) in [6, 6.07) is 5.11. The number of hydrogen-bond acceptors (Lipinski definition) is 3. The van der Waals surface area contributed by atoms with Crippen molar-refractivity contribution in [2.75, 3.05) is 19.6 Å². The lowest BCUT2D eigenvalue weighted by Crippen LogP contribution is -2.19. The van der Waals surface area contributed by atoms with Crippen LogP contribution >= 0.6 is 0 Å². The molecule has 1 atom stereocenters. The standard InChI is InChI=1S/C13H19NO3S/c1-3-14-7-6-11(9-14)12-8-10(2)4-5-13(12)18(15,16)17/h4-5,8,11H,3,6-7,9H2,1-2H3,(H,15,16,17)/t11-/m0/s1. The van der Waals surface area contributed by atoms with Gasteiger partial charge >= 0.3 is 0 Å². The van der Waals surface area contributed by atoms with Gasteiger partial charge in [0.2, 0.25) is 0 Å². The van der Waals surface area contributed by atoms with E-state index in [0.717, 1.165) is 37.2 Å². The van der Waals surface area contributed by atoms with Crippen LogP contribution in [0.4, 0.5) is 0 Å². The molecule has 1 aromatic carbocycles. The van der Waals surface area contributed by atoms with Crippen LogP contribution in [0.2, 0.25) is 0 Å². The van der Waals surface area contributed by atoms with Gasteiger partial charge in [-0.25, -0.2) is 0 Å². The van der Waals surface area contributed by atoms with Crippen LogP contribution in [0.1, 0.15) is 30.4 Å². The van der Waals surface area contributed by atoms with Crippen LogP contribution in [-0.4, -0.2) is 37.5 Å². The predicted molar refractivity (Wildman–Crippen MR) is 70.5 cm³/mol. The lowest BCUT2D eigenvalue weighted by atomic mass is 9.97. The Morgan fingerprint density at radius 3 is 2.72 bits per heavy atom. The molecule has 1 aromatic rings. The highest BCUT2D eigenvalue weighted by Gasteiger charge is 2.27. The Kier molecular flexibility index (Phi) is 3.75. The number of benzene rings is 1. The zero-order valence-corrected chi connectivity index (χ0v) is 11.6. The Morgan fingerprint density at radius 1 is 1.44 bits per heavy atom. The van der Waals surface area contributed by atoms with E-state index in [1.165, 1.54) is 6.07 Å². The molecule has 1 heterocycles. The van der Waals surface area contributed by atoms with E-state index in [1.54, 1.807) is 6.07 Å². The minimum absolute atomic E-state index is 0.0658. The van der Waals surface area contributed by atoms with Crippen molar-refractivity contribution in [3.8, 4) is 0 Å². The number of rotatable bonds is 3. The maximum absolute atomic E-state index is 11.4. The molecule has 100 valence electrons. The Morgan fingerprint density at radius 2 is 2.17 bits per heavy atom. The smallest absolute Gasteiger partial charge is 0.294 e. The highest BCUT2D eigenvalue weighted by molar-refractivity contribution is 7.85. The molecule has 5 heteroatoms. The van der Waals surface area contributed by atoms with Crippen molar-refractivity contribution in [2.45, 2.75) is 31.1 Å². The quantitative estimate of drug-likeness (QED) is 0.853. The molecular formula is C13H19NO3S. The molecule has 1 aliphatic rings.